The Labute approximate surface area is 242 Å². The first-order chi connectivity index (χ1) is 19.6. The van der Waals surface area contributed by atoms with Crippen LogP contribution in [-0.4, -0.2) is 54.0 Å². The smallest absolute Gasteiger partial charge is 0.269 e. The molecule has 1 heterocycles. The average Bonchev–Trinajstić information content (AvgIpc) is 3.16. The Kier molecular flexibility index (Phi) is 9.60. The number of carbonyl (C=O) groups is 3. The van der Waals surface area contributed by atoms with Crippen molar-refractivity contribution in [2.45, 2.75) is 70.0 Å². The maximum atomic E-state index is 13.8. The summed E-state index contributed by atoms with van der Waals surface area (Å²) in [6.45, 7) is 5.99. The van der Waals surface area contributed by atoms with E-state index in [4.69, 9.17) is 0 Å². The number of nitrogens with one attached hydrogen (secondary N) is 1. The monoisotopic (exact) mass is 575 g/mol. The maximum absolute atomic E-state index is 13.8. The van der Waals surface area contributed by atoms with E-state index in [-0.39, 0.29) is 54.2 Å². The zero-order valence-corrected chi connectivity index (χ0v) is 24.6. The number of amides is 3. The molecule has 0 saturated heterocycles. The van der Waals surface area contributed by atoms with Crippen molar-refractivity contribution in [3.8, 4) is 0 Å². The predicted molar refractivity (Wildman–Crippen MR) is 157 cm³/mol. The fraction of sp³-hybridized carbons (Fsp3) is 0.344. The second-order valence-electron chi connectivity index (χ2n) is 10.5. The number of aryl methyl sites for hydroxylation is 1. The van der Waals surface area contributed by atoms with Gasteiger partial charge in [0.2, 0.25) is 11.8 Å². The van der Waals surface area contributed by atoms with E-state index in [1.807, 2.05) is 75.4 Å². The van der Waals surface area contributed by atoms with E-state index in [1.54, 1.807) is 17.0 Å². The summed E-state index contributed by atoms with van der Waals surface area (Å²) < 4.78 is 26.8. The topological polar surface area (TPSA) is 104 Å². The second kappa shape index (κ2) is 13.1. The third kappa shape index (κ3) is 7.03. The first kappa shape index (κ1) is 30.0. The van der Waals surface area contributed by atoms with Crippen LogP contribution in [0, 0.1) is 6.92 Å². The molecule has 41 heavy (non-hydrogen) atoms. The molecule has 1 aliphatic rings. The van der Waals surface area contributed by atoms with Gasteiger partial charge < -0.3 is 10.2 Å². The maximum Gasteiger partial charge on any atom is 0.269 e. The van der Waals surface area contributed by atoms with E-state index >= 15 is 0 Å². The van der Waals surface area contributed by atoms with Crippen LogP contribution in [0.25, 0.3) is 0 Å². The lowest BCUT2D eigenvalue weighted by Crippen LogP contribution is -2.52. The Bertz CT molecular complexity index is 1490. The lowest BCUT2D eigenvalue weighted by molar-refractivity contribution is -0.141. The highest BCUT2D eigenvalue weighted by molar-refractivity contribution is 7.90. The summed E-state index contributed by atoms with van der Waals surface area (Å²) in [6.07, 6.45) is 1.18. The van der Waals surface area contributed by atoms with E-state index in [1.165, 1.54) is 12.1 Å². The SMILES string of the molecule is CCC(C)NC(=O)C(Cc1ccccc1)N(Cc1ccc(C)cc1)C(=O)CCCN1C(=O)c2ccccc2S1(=O)=O. The number of nitrogens with zero attached hydrogens (tertiary/aromatic N) is 2. The number of rotatable bonds is 12. The van der Waals surface area contributed by atoms with Crippen LogP contribution in [0.1, 0.15) is 60.2 Å². The summed E-state index contributed by atoms with van der Waals surface area (Å²) in [5, 5.41) is 3.04. The first-order valence-corrected chi connectivity index (χ1v) is 15.4. The highest BCUT2D eigenvalue weighted by Gasteiger charge is 2.40. The summed E-state index contributed by atoms with van der Waals surface area (Å²) in [7, 11) is -3.96. The van der Waals surface area contributed by atoms with Crippen molar-refractivity contribution in [2.24, 2.45) is 0 Å². The fourth-order valence-electron chi connectivity index (χ4n) is 4.85. The van der Waals surface area contributed by atoms with Gasteiger partial charge in [-0.2, -0.15) is 0 Å². The van der Waals surface area contributed by atoms with E-state index in [0.717, 1.165) is 27.4 Å². The minimum Gasteiger partial charge on any atom is -0.352 e. The van der Waals surface area contributed by atoms with Gasteiger partial charge in [0.1, 0.15) is 10.9 Å². The van der Waals surface area contributed by atoms with Gasteiger partial charge in [-0.05, 0) is 49.9 Å². The second-order valence-corrected chi connectivity index (χ2v) is 12.3. The van der Waals surface area contributed by atoms with Crippen molar-refractivity contribution in [3.05, 3.63) is 101 Å². The van der Waals surface area contributed by atoms with Crippen LogP contribution in [0.4, 0.5) is 0 Å². The molecule has 3 aromatic rings. The molecule has 0 aliphatic carbocycles. The molecule has 8 nitrogen and oxygen atoms in total. The Morgan fingerprint density at radius 1 is 0.927 bits per heavy atom. The summed E-state index contributed by atoms with van der Waals surface area (Å²) in [5.74, 6) is -1.11. The average molecular weight is 576 g/mol. The molecule has 0 aromatic heterocycles. The minimum atomic E-state index is -3.96. The van der Waals surface area contributed by atoms with Crippen molar-refractivity contribution in [3.63, 3.8) is 0 Å². The van der Waals surface area contributed by atoms with Crippen molar-refractivity contribution >= 4 is 27.7 Å². The molecule has 3 amide bonds. The van der Waals surface area contributed by atoms with Gasteiger partial charge in [-0.25, -0.2) is 12.7 Å². The molecular weight excluding hydrogens is 538 g/mol. The van der Waals surface area contributed by atoms with E-state index in [2.05, 4.69) is 5.32 Å². The van der Waals surface area contributed by atoms with Crippen LogP contribution in [0.2, 0.25) is 0 Å². The van der Waals surface area contributed by atoms with Crippen molar-refractivity contribution in [2.75, 3.05) is 6.54 Å². The molecule has 0 radical (unpaired) electrons. The molecule has 0 bridgehead atoms. The Balaban J connectivity index is 1.57. The predicted octanol–water partition coefficient (Wildman–Crippen LogP) is 4.47. The van der Waals surface area contributed by atoms with E-state index in [0.29, 0.717) is 6.42 Å². The lowest BCUT2D eigenvalue weighted by Gasteiger charge is -2.32. The van der Waals surface area contributed by atoms with Crippen LogP contribution in [-0.2, 0) is 32.6 Å². The number of fused-ring (bicyclic) bond motifs is 1. The molecule has 4 rings (SSSR count). The standard InChI is InChI=1S/C32H37N3O5S/c1-4-24(3)33-31(37)28(21-25-11-6-5-7-12-25)34(22-26-18-16-23(2)17-19-26)30(36)15-10-20-35-32(38)27-13-8-9-14-29(27)41(35,39)40/h5-9,11-14,16-19,24,28H,4,10,15,20-22H2,1-3H3,(H,33,37). The number of carbonyl (C=O) groups excluding carboxylic acids is 3. The van der Waals surface area contributed by atoms with Crippen molar-refractivity contribution < 1.29 is 22.8 Å². The van der Waals surface area contributed by atoms with Gasteiger partial charge in [0.15, 0.2) is 0 Å². The van der Waals surface area contributed by atoms with Crippen LogP contribution in [0.15, 0.2) is 83.8 Å². The van der Waals surface area contributed by atoms with Gasteiger partial charge in [0, 0.05) is 32.0 Å². The van der Waals surface area contributed by atoms with Gasteiger partial charge in [-0.1, -0.05) is 79.2 Å². The molecule has 2 unspecified atom stereocenters. The Hall–Kier alpha value is -3.98. The zero-order chi connectivity index (χ0) is 29.6. The molecule has 216 valence electrons. The Morgan fingerprint density at radius 3 is 2.24 bits per heavy atom. The van der Waals surface area contributed by atoms with Gasteiger partial charge >= 0.3 is 0 Å². The molecule has 2 atom stereocenters. The fourth-order valence-corrected chi connectivity index (χ4v) is 6.46. The van der Waals surface area contributed by atoms with Crippen LogP contribution in [0.3, 0.4) is 0 Å². The number of benzene rings is 3. The largest absolute Gasteiger partial charge is 0.352 e. The summed E-state index contributed by atoms with van der Waals surface area (Å²) in [5.41, 5.74) is 3.03. The van der Waals surface area contributed by atoms with Crippen molar-refractivity contribution in [1.29, 1.82) is 0 Å². The van der Waals surface area contributed by atoms with Crippen molar-refractivity contribution in [1.82, 2.24) is 14.5 Å². The zero-order valence-electron chi connectivity index (χ0n) is 23.7. The van der Waals surface area contributed by atoms with Gasteiger partial charge in [0.05, 0.1) is 5.56 Å². The van der Waals surface area contributed by atoms with Gasteiger partial charge in [-0.15, -0.1) is 0 Å². The highest BCUT2D eigenvalue weighted by atomic mass is 32.2. The molecule has 3 aromatic carbocycles. The van der Waals surface area contributed by atoms with Crippen LogP contribution < -0.4 is 5.32 Å². The molecule has 9 heteroatoms. The molecular formula is C32H37N3O5S. The number of sulfonamides is 1. The molecule has 1 aliphatic heterocycles. The third-order valence-corrected chi connectivity index (χ3v) is 9.25. The quantitative estimate of drug-likeness (QED) is 0.343. The van der Waals surface area contributed by atoms with Gasteiger partial charge in [0.25, 0.3) is 15.9 Å². The molecule has 1 N–H and O–H groups in total. The molecule has 0 saturated carbocycles. The molecule has 0 spiro atoms. The summed E-state index contributed by atoms with van der Waals surface area (Å²) >= 11 is 0. The van der Waals surface area contributed by atoms with Gasteiger partial charge in [-0.3, -0.25) is 14.4 Å². The number of hydrogen-bond acceptors (Lipinski definition) is 5. The highest BCUT2D eigenvalue weighted by Crippen LogP contribution is 2.30. The van der Waals surface area contributed by atoms with E-state index in [9.17, 15) is 22.8 Å². The Morgan fingerprint density at radius 2 is 1.59 bits per heavy atom. The third-order valence-electron chi connectivity index (χ3n) is 7.41. The van der Waals surface area contributed by atoms with E-state index < -0.39 is 22.0 Å². The van der Waals surface area contributed by atoms with Crippen LogP contribution in [0.5, 0.6) is 0 Å². The normalized spacial score (nSPS) is 15.2. The first-order valence-electron chi connectivity index (χ1n) is 14.0. The minimum absolute atomic E-state index is 0.0121. The lowest BCUT2D eigenvalue weighted by atomic mass is 10.0. The molecule has 0 fully saturated rings. The number of hydrogen-bond donors (Lipinski definition) is 1. The van der Waals surface area contributed by atoms with Crippen LogP contribution >= 0.6 is 0 Å². The summed E-state index contributed by atoms with van der Waals surface area (Å²) in [6, 6.07) is 22.6. The summed E-state index contributed by atoms with van der Waals surface area (Å²) in [4.78, 5) is 41.8.